The van der Waals surface area contributed by atoms with Crippen LogP contribution in [-0.2, 0) is 6.42 Å². The van der Waals surface area contributed by atoms with Gasteiger partial charge in [-0.15, -0.1) is 0 Å². The van der Waals surface area contributed by atoms with Gasteiger partial charge in [-0.2, -0.15) is 0 Å². The highest BCUT2D eigenvalue weighted by molar-refractivity contribution is 5.94. The Kier molecular flexibility index (Phi) is 4.13. The number of nitrogen functional groups attached to an aromatic ring is 1. The maximum atomic E-state index is 13.4. The van der Waals surface area contributed by atoms with Crippen molar-refractivity contribution < 1.29 is 9.18 Å². The third-order valence-corrected chi connectivity index (χ3v) is 2.79. The number of nitrogens with two attached hydrogens (primary N) is 1. The summed E-state index contributed by atoms with van der Waals surface area (Å²) in [6.45, 7) is 0.383. The van der Waals surface area contributed by atoms with E-state index in [0.717, 1.165) is 0 Å². The number of carbonyl (C=O) groups excluding carboxylic acids is 1. The van der Waals surface area contributed by atoms with Crippen molar-refractivity contribution in [2.45, 2.75) is 6.42 Å². The normalized spacial score (nSPS) is 10.2. The van der Waals surface area contributed by atoms with Crippen molar-refractivity contribution >= 4 is 11.6 Å². The summed E-state index contributed by atoms with van der Waals surface area (Å²) < 4.78 is 13.4. The number of benzene rings is 2. The number of carbonyl (C=O) groups is 1. The maximum Gasteiger partial charge on any atom is 0.251 e. The van der Waals surface area contributed by atoms with Crippen LogP contribution in [0.1, 0.15) is 15.9 Å². The average molecular weight is 258 g/mol. The van der Waals surface area contributed by atoms with Gasteiger partial charge in [0.15, 0.2) is 0 Å². The van der Waals surface area contributed by atoms with Crippen LogP contribution in [0.4, 0.5) is 10.1 Å². The largest absolute Gasteiger partial charge is 0.399 e. The van der Waals surface area contributed by atoms with Crippen molar-refractivity contribution in [3.8, 4) is 0 Å². The van der Waals surface area contributed by atoms with E-state index in [-0.39, 0.29) is 11.7 Å². The minimum atomic E-state index is -0.249. The van der Waals surface area contributed by atoms with Gasteiger partial charge in [0, 0.05) is 17.8 Å². The number of nitrogens with one attached hydrogen (secondary N) is 1. The second kappa shape index (κ2) is 6.00. The molecule has 0 fully saturated rings. The number of hydrogen-bond donors (Lipinski definition) is 2. The monoisotopic (exact) mass is 258 g/mol. The quantitative estimate of drug-likeness (QED) is 0.827. The number of amides is 1. The molecule has 0 radical (unpaired) electrons. The lowest BCUT2D eigenvalue weighted by Crippen LogP contribution is -2.25. The van der Waals surface area contributed by atoms with E-state index in [4.69, 9.17) is 5.73 Å². The minimum Gasteiger partial charge on any atom is -0.399 e. The van der Waals surface area contributed by atoms with Crippen molar-refractivity contribution in [3.63, 3.8) is 0 Å². The molecule has 0 atom stereocenters. The van der Waals surface area contributed by atoms with Crippen LogP contribution in [0.25, 0.3) is 0 Å². The highest BCUT2D eigenvalue weighted by Crippen LogP contribution is 2.08. The van der Waals surface area contributed by atoms with E-state index in [2.05, 4.69) is 5.32 Å². The SMILES string of the molecule is Nc1cccc(C(=O)NCCc2ccccc2F)c1. The molecule has 0 bridgehead atoms. The van der Waals surface area contributed by atoms with Gasteiger partial charge in [-0.1, -0.05) is 24.3 Å². The average Bonchev–Trinajstić information content (AvgIpc) is 2.41. The molecule has 0 aliphatic heterocycles. The Hall–Kier alpha value is -2.36. The van der Waals surface area contributed by atoms with Crippen LogP contribution in [0.5, 0.6) is 0 Å². The van der Waals surface area contributed by atoms with E-state index in [1.54, 1.807) is 42.5 Å². The van der Waals surface area contributed by atoms with Gasteiger partial charge < -0.3 is 11.1 Å². The second-order valence-corrected chi connectivity index (χ2v) is 4.22. The second-order valence-electron chi connectivity index (χ2n) is 4.22. The first kappa shape index (κ1) is 13.1. The zero-order valence-electron chi connectivity index (χ0n) is 10.4. The van der Waals surface area contributed by atoms with Gasteiger partial charge in [-0.25, -0.2) is 4.39 Å². The predicted octanol–water partition coefficient (Wildman–Crippen LogP) is 2.38. The predicted molar refractivity (Wildman–Crippen MR) is 73.3 cm³/mol. The molecule has 3 nitrogen and oxygen atoms in total. The Morgan fingerprint density at radius 2 is 1.95 bits per heavy atom. The van der Waals surface area contributed by atoms with Crippen LogP contribution >= 0.6 is 0 Å². The van der Waals surface area contributed by atoms with Crippen LogP contribution in [0, 0.1) is 5.82 Å². The first-order chi connectivity index (χ1) is 9.16. The fourth-order valence-electron chi connectivity index (χ4n) is 1.79. The van der Waals surface area contributed by atoms with Crippen LogP contribution in [0.2, 0.25) is 0 Å². The van der Waals surface area contributed by atoms with Crippen LogP contribution < -0.4 is 11.1 Å². The third-order valence-electron chi connectivity index (χ3n) is 2.79. The molecule has 19 heavy (non-hydrogen) atoms. The molecule has 1 amide bonds. The lowest BCUT2D eigenvalue weighted by Gasteiger charge is -2.06. The molecule has 0 saturated carbocycles. The van der Waals surface area contributed by atoms with E-state index in [1.165, 1.54) is 6.07 Å². The molecule has 2 aromatic rings. The Balaban J connectivity index is 1.90. The van der Waals surface area contributed by atoms with Crippen LogP contribution in [0.15, 0.2) is 48.5 Å². The summed E-state index contributed by atoms with van der Waals surface area (Å²) in [6.07, 6.45) is 0.459. The molecule has 2 aromatic carbocycles. The Morgan fingerprint density at radius 3 is 2.68 bits per heavy atom. The molecular formula is C15H15FN2O. The fourth-order valence-corrected chi connectivity index (χ4v) is 1.79. The number of anilines is 1. The molecule has 4 heteroatoms. The van der Waals surface area contributed by atoms with Crippen molar-refractivity contribution in [1.82, 2.24) is 5.32 Å². The summed E-state index contributed by atoms with van der Waals surface area (Å²) in [6, 6.07) is 13.3. The number of rotatable bonds is 4. The molecule has 0 saturated heterocycles. The van der Waals surface area contributed by atoms with E-state index in [0.29, 0.717) is 29.8 Å². The van der Waals surface area contributed by atoms with Crippen LogP contribution in [-0.4, -0.2) is 12.5 Å². The number of hydrogen-bond acceptors (Lipinski definition) is 2. The smallest absolute Gasteiger partial charge is 0.251 e. The van der Waals surface area contributed by atoms with Gasteiger partial charge in [0.1, 0.15) is 5.82 Å². The fraction of sp³-hybridized carbons (Fsp3) is 0.133. The molecule has 3 N–H and O–H groups in total. The minimum absolute atomic E-state index is 0.205. The molecule has 0 unspecified atom stereocenters. The van der Waals surface area contributed by atoms with Gasteiger partial charge in [-0.3, -0.25) is 4.79 Å². The highest BCUT2D eigenvalue weighted by atomic mass is 19.1. The van der Waals surface area contributed by atoms with E-state index in [9.17, 15) is 9.18 Å². The van der Waals surface area contributed by atoms with Gasteiger partial charge in [0.25, 0.3) is 5.91 Å². The molecule has 0 heterocycles. The summed E-state index contributed by atoms with van der Waals surface area (Å²) in [7, 11) is 0. The Labute approximate surface area is 111 Å². The van der Waals surface area contributed by atoms with Crippen LogP contribution in [0.3, 0.4) is 0 Å². The number of halogens is 1. The van der Waals surface area contributed by atoms with Crippen molar-refractivity contribution in [3.05, 3.63) is 65.5 Å². The molecule has 0 aromatic heterocycles. The summed E-state index contributed by atoms with van der Waals surface area (Å²) in [5, 5.41) is 2.74. The zero-order chi connectivity index (χ0) is 13.7. The standard InChI is InChI=1S/C15H15FN2O/c16-14-7-2-1-4-11(14)8-9-18-15(19)12-5-3-6-13(17)10-12/h1-7,10H,8-9,17H2,(H,18,19). The van der Waals surface area contributed by atoms with Gasteiger partial charge >= 0.3 is 0 Å². The Morgan fingerprint density at radius 1 is 1.16 bits per heavy atom. The Bertz CT molecular complexity index is 584. The maximum absolute atomic E-state index is 13.4. The first-order valence-electron chi connectivity index (χ1n) is 6.04. The van der Waals surface area contributed by atoms with E-state index >= 15 is 0 Å². The molecule has 0 aliphatic rings. The molecule has 2 rings (SSSR count). The molecule has 98 valence electrons. The molecular weight excluding hydrogens is 243 g/mol. The van der Waals surface area contributed by atoms with Crippen molar-refractivity contribution in [1.29, 1.82) is 0 Å². The van der Waals surface area contributed by atoms with Crippen molar-refractivity contribution in [2.24, 2.45) is 0 Å². The van der Waals surface area contributed by atoms with Gasteiger partial charge in [-0.05, 0) is 36.2 Å². The van der Waals surface area contributed by atoms with Crippen molar-refractivity contribution in [2.75, 3.05) is 12.3 Å². The van der Waals surface area contributed by atoms with Gasteiger partial charge in [0.2, 0.25) is 0 Å². The lowest BCUT2D eigenvalue weighted by molar-refractivity contribution is 0.0954. The summed E-state index contributed by atoms with van der Waals surface area (Å²) in [5.41, 5.74) is 7.25. The summed E-state index contributed by atoms with van der Waals surface area (Å²) >= 11 is 0. The topological polar surface area (TPSA) is 55.1 Å². The first-order valence-corrected chi connectivity index (χ1v) is 6.04. The van der Waals surface area contributed by atoms with E-state index in [1.807, 2.05) is 0 Å². The van der Waals surface area contributed by atoms with E-state index < -0.39 is 0 Å². The van der Waals surface area contributed by atoms with Gasteiger partial charge in [0.05, 0.1) is 0 Å². The molecule has 0 spiro atoms. The summed E-state index contributed by atoms with van der Waals surface area (Å²) in [5.74, 6) is -0.454. The zero-order valence-corrected chi connectivity index (χ0v) is 10.4. The highest BCUT2D eigenvalue weighted by Gasteiger charge is 2.06. The lowest BCUT2D eigenvalue weighted by atomic mass is 10.1. The summed E-state index contributed by atoms with van der Waals surface area (Å²) in [4.78, 5) is 11.8. The third kappa shape index (κ3) is 3.55. The molecule has 0 aliphatic carbocycles.